The lowest BCUT2D eigenvalue weighted by Gasteiger charge is -2.09. The molecule has 0 aliphatic carbocycles. The predicted molar refractivity (Wildman–Crippen MR) is 83.7 cm³/mol. The quantitative estimate of drug-likeness (QED) is 0.713. The Balaban J connectivity index is 2.08. The van der Waals surface area contributed by atoms with Crippen molar-refractivity contribution in [3.63, 3.8) is 0 Å². The van der Waals surface area contributed by atoms with Crippen LogP contribution in [0.3, 0.4) is 0 Å². The van der Waals surface area contributed by atoms with Gasteiger partial charge in [0.25, 0.3) is 0 Å². The van der Waals surface area contributed by atoms with Gasteiger partial charge in [0.2, 0.25) is 0 Å². The van der Waals surface area contributed by atoms with E-state index in [9.17, 15) is 4.79 Å². The summed E-state index contributed by atoms with van der Waals surface area (Å²) in [6.07, 6.45) is 1.50. The van der Waals surface area contributed by atoms with E-state index in [4.69, 9.17) is 15.7 Å². The second-order valence-electron chi connectivity index (χ2n) is 4.93. The number of hydrogen-bond acceptors (Lipinski definition) is 7. The van der Waals surface area contributed by atoms with E-state index in [0.717, 1.165) is 5.69 Å². The number of nitrogen functional groups attached to an aromatic ring is 1. The molecule has 0 spiro atoms. The van der Waals surface area contributed by atoms with E-state index >= 15 is 0 Å². The van der Waals surface area contributed by atoms with Crippen LogP contribution in [-0.2, 0) is 4.74 Å². The third-order valence-electron chi connectivity index (χ3n) is 3.54. The highest BCUT2D eigenvalue weighted by atomic mass is 16.5. The molecule has 9 heteroatoms. The van der Waals surface area contributed by atoms with Crippen molar-refractivity contribution >= 4 is 11.7 Å². The third kappa shape index (κ3) is 2.36. The lowest BCUT2D eigenvalue weighted by molar-refractivity contribution is 0.0593. The Labute approximate surface area is 136 Å². The summed E-state index contributed by atoms with van der Waals surface area (Å²) in [5, 5.41) is 20.5. The van der Waals surface area contributed by atoms with Gasteiger partial charge in [-0.25, -0.2) is 4.79 Å². The number of carbonyl (C=O) groups excluding carboxylic acids is 1. The average Bonchev–Trinajstić information content (AvgIpc) is 3.17. The summed E-state index contributed by atoms with van der Waals surface area (Å²) in [7, 11) is 1.26. The summed E-state index contributed by atoms with van der Waals surface area (Å²) in [6, 6.07) is 9.08. The molecule has 2 aromatic heterocycles. The molecule has 0 saturated heterocycles. The zero-order chi connectivity index (χ0) is 17.3. The van der Waals surface area contributed by atoms with Crippen LogP contribution in [-0.4, -0.2) is 37.9 Å². The number of hydrogen-bond donors (Lipinski definition) is 1. The molecule has 0 unspecified atom stereocenters. The van der Waals surface area contributed by atoms with Gasteiger partial charge >= 0.3 is 5.97 Å². The van der Waals surface area contributed by atoms with Gasteiger partial charge in [0.15, 0.2) is 11.5 Å². The van der Waals surface area contributed by atoms with E-state index in [1.165, 1.54) is 17.9 Å². The molecule has 120 valence electrons. The summed E-state index contributed by atoms with van der Waals surface area (Å²) in [5.41, 5.74) is 7.70. The number of carbonyl (C=O) groups is 1. The minimum absolute atomic E-state index is 0.0877. The van der Waals surface area contributed by atoms with E-state index in [0.29, 0.717) is 11.5 Å². The van der Waals surface area contributed by atoms with Crippen molar-refractivity contribution in [2.45, 2.75) is 6.92 Å². The Hall–Kier alpha value is -3.67. The molecular weight excluding hydrogens is 310 g/mol. The summed E-state index contributed by atoms with van der Waals surface area (Å²) >= 11 is 0. The number of aromatic nitrogens is 5. The number of tetrazole rings is 1. The first-order valence-corrected chi connectivity index (χ1v) is 6.92. The molecule has 0 bridgehead atoms. The molecule has 2 heterocycles. The number of benzene rings is 1. The maximum absolute atomic E-state index is 12.0. The highest BCUT2D eigenvalue weighted by molar-refractivity contribution is 5.95. The Morgan fingerprint density at radius 2 is 1.96 bits per heavy atom. The molecule has 24 heavy (non-hydrogen) atoms. The van der Waals surface area contributed by atoms with Gasteiger partial charge in [-0.1, -0.05) is 0 Å². The van der Waals surface area contributed by atoms with Gasteiger partial charge in [-0.15, -0.1) is 5.10 Å². The Morgan fingerprint density at radius 3 is 2.50 bits per heavy atom. The number of anilines is 1. The number of nitrogens with zero attached hydrogens (tertiary/aromatic N) is 6. The van der Waals surface area contributed by atoms with Crippen LogP contribution in [0, 0.1) is 18.3 Å². The minimum atomic E-state index is -0.616. The molecule has 0 atom stereocenters. The number of rotatable bonds is 3. The number of nitrogens with two attached hydrogens (primary N) is 1. The molecule has 0 saturated carbocycles. The Kier molecular flexibility index (Phi) is 3.71. The number of esters is 1. The molecule has 0 aliphatic heterocycles. The van der Waals surface area contributed by atoms with Crippen molar-refractivity contribution in [2.24, 2.45) is 0 Å². The van der Waals surface area contributed by atoms with Gasteiger partial charge in [0.1, 0.15) is 6.07 Å². The van der Waals surface area contributed by atoms with Crippen molar-refractivity contribution in [1.82, 2.24) is 24.8 Å². The van der Waals surface area contributed by atoms with Crippen LogP contribution in [0.4, 0.5) is 5.69 Å². The van der Waals surface area contributed by atoms with Crippen molar-refractivity contribution in [3.05, 3.63) is 47.5 Å². The van der Waals surface area contributed by atoms with Crippen molar-refractivity contribution < 1.29 is 9.53 Å². The van der Waals surface area contributed by atoms with Gasteiger partial charge in [-0.05, 0) is 41.6 Å². The molecule has 0 radical (unpaired) electrons. The van der Waals surface area contributed by atoms with Crippen LogP contribution in [0.15, 0.2) is 30.5 Å². The molecule has 3 rings (SSSR count). The zero-order valence-corrected chi connectivity index (χ0v) is 13.0. The first-order chi connectivity index (χ1) is 11.6. The fourth-order valence-corrected chi connectivity index (χ4v) is 2.34. The normalized spacial score (nSPS) is 10.4. The topological polar surface area (TPSA) is 125 Å². The Morgan fingerprint density at radius 1 is 1.29 bits per heavy atom. The molecule has 0 fully saturated rings. The minimum Gasteiger partial charge on any atom is -0.464 e. The van der Waals surface area contributed by atoms with Crippen LogP contribution in [0.25, 0.3) is 11.4 Å². The SMILES string of the molecule is COC(=O)c1c(N)c(C#N)cn1-c1ccc(-n2nnnc2C)cc1. The first kappa shape index (κ1) is 15.2. The van der Waals surface area contributed by atoms with Gasteiger partial charge in [0.05, 0.1) is 24.0 Å². The summed E-state index contributed by atoms with van der Waals surface area (Å²) in [5.74, 6) is 0.0318. The van der Waals surface area contributed by atoms with Crippen LogP contribution < -0.4 is 5.73 Å². The maximum atomic E-state index is 12.0. The molecule has 2 N–H and O–H groups in total. The van der Waals surface area contributed by atoms with E-state index in [2.05, 4.69) is 15.5 Å². The van der Waals surface area contributed by atoms with E-state index in [-0.39, 0.29) is 16.9 Å². The first-order valence-electron chi connectivity index (χ1n) is 6.92. The monoisotopic (exact) mass is 323 g/mol. The molecular formula is C15H13N7O2. The second kappa shape index (κ2) is 5.85. The predicted octanol–water partition coefficient (Wildman–Crippen LogP) is 1.00. The fourth-order valence-electron chi connectivity index (χ4n) is 2.34. The molecule has 9 nitrogen and oxygen atoms in total. The lowest BCUT2D eigenvalue weighted by Crippen LogP contribution is -2.11. The molecule has 0 amide bonds. The largest absolute Gasteiger partial charge is 0.464 e. The number of aryl methyl sites for hydroxylation is 1. The fraction of sp³-hybridized carbons (Fsp3) is 0.133. The smallest absolute Gasteiger partial charge is 0.357 e. The van der Waals surface area contributed by atoms with Crippen molar-refractivity contribution in [2.75, 3.05) is 12.8 Å². The lowest BCUT2D eigenvalue weighted by atomic mass is 10.2. The number of nitriles is 1. The van der Waals surface area contributed by atoms with Gasteiger partial charge in [0, 0.05) is 11.9 Å². The molecule has 3 aromatic rings. The van der Waals surface area contributed by atoms with Crippen LogP contribution in [0.2, 0.25) is 0 Å². The maximum Gasteiger partial charge on any atom is 0.357 e. The summed E-state index contributed by atoms with van der Waals surface area (Å²) in [4.78, 5) is 12.0. The number of ether oxygens (including phenoxy) is 1. The zero-order valence-electron chi connectivity index (χ0n) is 13.0. The summed E-state index contributed by atoms with van der Waals surface area (Å²) < 4.78 is 7.86. The Bertz CT molecular complexity index is 947. The van der Waals surface area contributed by atoms with Crippen LogP contribution >= 0.6 is 0 Å². The van der Waals surface area contributed by atoms with Gasteiger partial charge < -0.3 is 15.0 Å². The van der Waals surface area contributed by atoms with E-state index in [1.54, 1.807) is 35.9 Å². The van der Waals surface area contributed by atoms with Gasteiger partial charge in [-0.2, -0.15) is 9.94 Å². The van der Waals surface area contributed by atoms with Crippen LogP contribution in [0.5, 0.6) is 0 Å². The van der Waals surface area contributed by atoms with E-state index in [1.807, 2.05) is 6.07 Å². The molecule has 1 aromatic carbocycles. The third-order valence-corrected chi connectivity index (χ3v) is 3.54. The average molecular weight is 323 g/mol. The number of methoxy groups -OCH3 is 1. The highest BCUT2D eigenvalue weighted by Gasteiger charge is 2.21. The second-order valence-corrected chi connectivity index (χ2v) is 4.93. The van der Waals surface area contributed by atoms with E-state index < -0.39 is 5.97 Å². The molecule has 0 aliphatic rings. The van der Waals surface area contributed by atoms with Gasteiger partial charge in [-0.3, -0.25) is 0 Å². The standard InChI is InChI=1S/C15H13N7O2/c1-9-18-19-20-22(9)12-5-3-11(4-6-12)21-8-10(7-16)13(17)14(21)15(23)24-2/h3-6,8H,17H2,1-2H3. The highest BCUT2D eigenvalue weighted by Crippen LogP contribution is 2.25. The van der Waals surface area contributed by atoms with Crippen molar-refractivity contribution in [3.8, 4) is 17.4 Å². The summed E-state index contributed by atoms with van der Waals surface area (Å²) in [6.45, 7) is 1.79. The van der Waals surface area contributed by atoms with Crippen molar-refractivity contribution in [1.29, 1.82) is 5.26 Å². The van der Waals surface area contributed by atoms with Crippen LogP contribution in [0.1, 0.15) is 21.9 Å².